The molecule has 0 bridgehead atoms. The molecule has 0 radical (unpaired) electrons. The molecule has 6 rings (SSSR count). The maximum absolute atomic E-state index is 6.46. The number of hydrogen-bond acceptors (Lipinski definition) is 3. The van der Waals surface area contributed by atoms with Gasteiger partial charge in [-0.2, -0.15) is 0 Å². The third-order valence-corrected chi connectivity index (χ3v) is 8.03. The standard InChI is InChI=1S/C30H23ClN2S/c1-18-11-7-5-4-6-8-14-24-25(18)26-27(32-29(31)33-28(26)34-24)19-15-16-21-20-12-9-10-13-22(20)30(2,3)23(21)17-19/h4-5,7-17H,1,6H2,2-3H3/b5-4-,11-7-,14-8-. The predicted octanol–water partition coefficient (Wildman–Crippen LogP) is 8.86. The van der Waals surface area contributed by atoms with Crippen molar-refractivity contribution in [1.29, 1.82) is 0 Å². The lowest BCUT2D eigenvalue weighted by atomic mass is 9.81. The molecule has 2 aromatic heterocycles. The zero-order valence-electron chi connectivity index (χ0n) is 19.1. The summed E-state index contributed by atoms with van der Waals surface area (Å²) < 4.78 is 0. The summed E-state index contributed by atoms with van der Waals surface area (Å²) >= 11 is 8.10. The Kier molecular flexibility index (Phi) is 4.94. The molecule has 0 saturated heterocycles. The summed E-state index contributed by atoms with van der Waals surface area (Å²) in [6.07, 6.45) is 13.5. The second-order valence-electron chi connectivity index (χ2n) is 9.24. The Morgan fingerprint density at radius 2 is 1.76 bits per heavy atom. The first kappa shape index (κ1) is 21.3. The molecule has 2 aliphatic rings. The predicted molar refractivity (Wildman–Crippen MR) is 146 cm³/mol. The Bertz CT molecular complexity index is 1580. The molecule has 34 heavy (non-hydrogen) atoms. The van der Waals surface area contributed by atoms with E-state index in [1.54, 1.807) is 11.3 Å². The van der Waals surface area contributed by atoms with Crippen LogP contribution in [0.3, 0.4) is 0 Å². The number of nitrogens with zero attached hydrogens (tertiary/aromatic N) is 2. The number of hydrogen-bond donors (Lipinski definition) is 0. The molecule has 0 N–H and O–H groups in total. The molecule has 166 valence electrons. The zero-order chi connectivity index (χ0) is 23.4. The number of fused-ring (bicyclic) bond motifs is 6. The summed E-state index contributed by atoms with van der Waals surface area (Å²) in [6, 6.07) is 15.4. The van der Waals surface area contributed by atoms with Crippen LogP contribution in [0.5, 0.6) is 0 Å². The van der Waals surface area contributed by atoms with Crippen LogP contribution in [0, 0.1) is 0 Å². The average Bonchev–Trinajstić information content (AvgIpc) is 3.30. The van der Waals surface area contributed by atoms with Crippen molar-refractivity contribution >= 4 is 44.8 Å². The van der Waals surface area contributed by atoms with Gasteiger partial charge in [0.05, 0.1) is 5.69 Å². The van der Waals surface area contributed by atoms with Gasteiger partial charge >= 0.3 is 0 Å². The molecule has 0 spiro atoms. The van der Waals surface area contributed by atoms with Gasteiger partial charge < -0.3 is 0 Å². The van der Waals surface area contributed by atoms with Crippen LogP contribution in [-0.4, -0.2) is 9.97 Å². The molecule has 0 fully saturated rings. The van der Waals surface area contributed by atoms with E-state index in [9.17, 15) is 0 Å². The van der Waals surface area contributed by atoms with Crippen LogP contribution < -0.4 is 0 Å². The van der Waals surface area contributed by atoms with Gasteiger partial charge in [0.2, 0.25) is 5.28 Å². The Labute approximate surface area is 208 Å². The summed E-state index contributed by atoms with van der Waals surface area (Å²) in [6.45, 7) is 8.97. The SMILES string of the molecule is C=C1/C=C\C=C/C/C=C\c2sc3nc(Cl)nc(-c4ccc5c(c4)C(C)(C)c4ccccc4-5)c3c21. The van der Waals surface area contributed by atoms with Gasteiger partial charge in [0.25, 0.3) is 0 Å². The number of benzene rings is 2. The van der Waals surface area contributed by atoms with Crippen LogP contribution in [0.2, 0.25) is 5.28 Å². The molecule has 0 atom stereocenters. The minimum absolute atomic E-state index is 0.0844. The Hall–Kier alpha value is -3.27. The van der Waals surface area contributed by atoms with Crippen LogP contribution in [0.15, 0.2) is 79.4 Å². The van der Waals surface area contributed by atoms with Gasteiger partial charge in [-0.3, -0.25) is 0 Å². The highest BCUT2D eigenvalue weighted by Crippen LogP contribution is 2.50. The van der Waals surface area contributed by atoms with E-state index < -0.39 is 0 Å². The summed E-state index contributed by atoms with van der Waals surface area (Å²) in [5.41, 5.74) is 9.11. The van der Waals surface area contributed by atoms with Crippen molar-refractivity contribution in [2.45, 2.75) is 25.7 Å². The van der Waals surface area contributed by atoms with E-state index in [-0.39, 0.29) is 10.7 Å². The van der Waals surface area contributed by atoms with Crippen LogP contribution in [0.25, 0.3) is 44.3 Å². The van der Waals surface area contributed by atoms with Gasteiger partial charge in [0.1, 0.15) is 4.83 Å². The fraction of sp³-hybridized carbons (Fsp3) is 0.133. The summed E-state index contributed by atoms with van der Waals surface area (Å²) in [5.74, 6) is 0. The lowest BCUT2D eigenvalue weighted by molar-refractivity contribution is 0.660. The third-order valence-electron chi connectivity index (χ3n) is 6.82. The molecule has 2 aromatic carbocycles. The maximum Gasteiger partial charge on any atom is 0.224 e. The fourth-order valence-corrected chi connectivity index (χ4v) is 6.51. The molecule has 4 heteroatoms. The lowest BCUT2D eigenvalue weighted by Gasteiger charge is -2.22. The van der Waals surface area contributed by atoms with Gasteiger partial charge in [0.15, 0.2) is 0 Å². The number of allylic oxidation sites excluding steroid dienone is 6. The van der Waals surface area contributed by atoms with E-state index in [4.69, 9.17) is 16.6 Å². The minimum atomic E-state index is -0.0844. The number of aromatic nitrogens is 2. The van der Waals surface area contributed by atoms with E-state index in [1.807, 2.05) is 6.08 Å². The average molecular weight is 479 g/mol. The topological polar surface area (TPSA) is 25.8 Å². The second kappa shape index (κ2) is 7.90. The van der Waals surface area contributed by atoms with Gasteiger partial charge in [-0.15, -0.1) is 11.3 Å². The number of halogens is 1. The molecular formula is C30H23ClN2S. The summed E-state index contributed by atoms with van der Waals surface area (Å²) in [7, 11) is 0. The highest BCUT2D eigenvalue weighted by atomic mass is 35.5. The van der Waals surface area contributed by atoms with Gasteiger partial charge in [-0.05, 0) is 58.0 Å². The van der Waals surface area contributed by atoms with Crippen molar-refractivity contribution in [1.82, 2.24) is 9.97 Å². The quantitative estimate of drug-likeness (QED) is 0.255. The van der Waals surface area contributed by atoms with Crippen molar-refractivity contribution in [3.05, 3.63) is 106 Å². The van der Waals surface area contributed by atoms with Crippen molar-refractivity contribution in [3.8, 4) is 22.4 Å². The van der Waals surface area contributed by atoms with Crippen molar-refractivity contribution in [3.63, 3.8) is 0 Å². The third kappa shape index (κ3) is 3.23. The lowest BCUT2D eigenvalue weighted by Crippen LogP contribution is -2.14. The molecule has 2 heterocycles. The molecule has 0 unspecified atom stereocenters. The van der Waals surface area contributed by atoms with Crippen molar-refractivity contribution in [2.24, 2.45) is 0 Å². The summed E-state index contributed by atoms with van der Waals surface area (Å²) in [4.78, 5) is 11.4. The molecule has 0 aliphatic heterocycles. The summed E-state index contributed by atoms with van der Waals surface area (Å²) in [5, 5.41) is 1.28. The van der Waals surface area contributed by atoms with Crippen molar-refractivity contribution in [2.75, 3.05) is 0 Å². The van der Waals surface area contributed by atoms with Crippen LogP contribution >= 0.6 is 22.9 Å². The van der Waals surface area contributed by atoms with E-state index in [1.165, 1.54) is 22.3 Å². The van der Waals surface area contributed by atoms with Gasteiger partial charge in [0, 0.05) is 26.8 Å². The molecule has 2 aliphatic carbocycles. The maximum atomic E-state index is 6.46. The Morgan fingerprint density at radius 3 is 2.65 bits per heavy atom. The Morgan fingerprint density at radius 1 is 0.941 bits per heavy atom. The van der Waals surface area contributed by atoms with E-state index in [0.717, 1.165) is 43.9 Å². The first-order chi connectivity index (χ1) is 16.4. The fourth-order valence-electron chi connectivity index (χ4n) is 5.15. The van der Waals surface area contributed by atoms with Crippen LogP contribution in [-0.2, 0) is 5.41 Å². The van der Waals surface area contributed by atoms with Crippen molar-refractivity contribution < 1.29 is 0 Å². The number of thiophene rings is 1. The number of rotatable bonds is 1. The first-order valence-electron chi connectivity index (χ1n) is 11.4. The normalized spacial score (nSPS) is 18.7. The van der Waals surface area contributed by atoms with E-state index >= 15 is 0 Å². The molecule has 0 saturated carbocycles. The highest BCUT2D eigenvalue weighted by molar-refractivity contribution is 7.19. The van der Waals surface area contributed by atoms with Crippen LogP contribution in [0.4, 0.5) is 0 Å². The Balaban J connectivity index is 1.61. The molecule has 2 nitrogen and oxygen atoms in total. The molecular weight excluding hydrogens is 456 g/mol. The molecule has 0 amide bonds. The van der Waals surface area contributed by atoms with E-state index in [0.29, 0.717) is 0 Å². The van der Waals surface area contributed by atoms with Gasteiger partial charge in [-0.1, -0.05) is 87.2 Å². The second-order valence-corrected chi connectivity index (χ2v) is 10.6. The highest BCUT2D eigenvalue weighted by Gasteiger charge is 2.35. The van der Waals surface area contributed by atoms with Gasteiger partial charge in [-0.25, -0.2) is 9.97 Å². The minimum Gasteiger partial charge on any atom is -0.217 e. The van der Waals surface area contributed by atoms with Crippen LogP contribution in [0.1, 0.15) is 41.8 Å². The van der Waals surface area contributed by atoms with E-state index in [2.05, 4.69) is 98.3 Å². The first-order valence-corrected chi connectivity index (χ1v) is 12.6. The zero-order valence-corrected chi connectivity index (χ0v) is 20.7. The largest absolute Gasteiger partial charge is 0.224 e. The molecule has 4 aromatic rings. The smallest absolute Gasteiger partial charge is 0.217 e. The monoisotopic (exact) mass is 478 g/mol.